The van der Waals surface area contributed by atoms with Crippen molar-refractivity contribution in [2.75, 3.05) is 21.3 Å². The summed E-state index contributed by atoms with van der Waals surface area (Å²) in [7, 11) is 4.38. The van der Waals surface area contributed by atoms with Gasteiger partial charge in [0.05, 0.1) is 38.1 Å². The molecule has 170 valence electrons. The summed E-state index contributed by atoms with van der Waals surface area (Å²) >= 11 is 0. The van der Waals surface area contributed by atoms with Crippen LogP contribution in [0, 0.1) is 0 Å². The van der Waals surface area contributed by atoms with Crippen molar-refractivity contribution in [2.45, 2.75) is 6.92 Å². The molecule has 8 nitrogen and oxygen atoms in total. The number of aromatic nitrogens is 1. The Morgan fingerprint density at radius 3 is 2.18 bits per heavy atom. The number of nitrogens with zero attached hydrogens (tertiary/aromatic N) is 1. The van der Waals surface area contributed by atoms with Crippen LogP contribution >= 0.6 is 0 Å². The Hall–Kier alpha value is -4.33. The molecule has 0 atom stereocenters. The number of allylic oxidation sites excluding steroid dienone is 1. The first-order valence-electron chi connectivity index (χ1n) is 10.1. The van der Waals surface area contributed by atoms with Gasteiger partial charge in [0.1, 0.15) is 0 Å². The average molecular weight is 447 g/mol. The minimum atomic E-state index is -0.558. The molecule has 0 aliphatic heterocycles. The number of nitrogens with one attached hydrogen (secondary N) is 2. The van der Waals surface area contributed by atoms with E-state index in [1.165, 1.54) is 33.5 Å². The van der Waals surface area contributed by atoms with Gasteiger partial charge in [0.25, 0.3) is 11.8 Å². The Kier molecular flexibility index (Phi) is 7.30. The molecule has 0 bridgehead atoms. The summed E-state index contributed by atoms with van der Waals surface area (Å²) in [6.45, 7) is 5.65. The summed E-state index contributed by atoms with van der Waals surface area (Å²) in [6, 6.07) is 10.3. The number of hydrazine groups is 1. The first-order valence-corrected chi connectivity index (χ1v) is 10.1. The lowest BCUT2D eigenvalue weighted by Gasteiger charge is -2.15. The normalized spacial score (nSPS) is 10.7. The van der Waals surface area contributed by atoms with Crippen LogP contribution in [0.3, 0.4) is 0 Å². The number of fused-ring (bicyclic) bond motifs is 1. The SMILES string of the molecule is C=Cc1nc2ccccc2c(C(=O)NNC(=O)c2cc(OC)c(OC)c(OC)c2)c1/C=C\C. The van der Waals surface area contributed by atoms with Gasteiger partial charge in [0, 0.05) is 16.5 Å². The summed E-state index contributed by atoms with van der Waals surface area (Å²) < 4.78 is 15.8. The van der Waals surface area contributed by atoms with Gasteiger partial charge in [0.15, 0.2) is 11.5 Å². The molecule has 3 aromatic rings. The first-order chi connectivity index (χ1) is 16.0. The number of carbonyl (C=O) groups excluding carboxylic acids is 2. The number of carbonyl (C=O) groups is 2. The number of rotatable bonds is 7. The molecule has 3 rings (SSSR count). The molecule has 2 aromatic carbocycles. The summed E-state index contributed by atoms with van der Waals surface area (Å²) in [5, 5.41) is 0.649. The number of hydrogen-bond acceptors (Lipinski definition) is 6. The van der Waals surface area contributed by atoms with Crippen LogP contribution in [0.5, 0.6) is 17.2 Å². The highest BCUT2D eigenvalue weighted by atomic mass is 16.5. The minimum absolute atomic E-state index is 0.213. The van der Waals surface area contributed by atoms with E-state index in [2.05, 4.69) is 22.4 Å². The van der Waals surface area contributed by atoms with Crippen LogP contribution in [-0.4, -0.2) is 38.1 Å². The highest BCUT2D eigenvalue weighted by Gasteiger charge is 2.20. The Morgan fingerprint density at radius 1 is 0.970 bits per heavy atom. The molecule has 8 heteroatoms. The zero-order valence-corrected chi connectivity index (χ0v) is 18.9. The average Bonchev–Trinajstić information content (AvgIpc) is 2.85. The van der Waals surface area contributed by atoms with Gasteiger partial charge in [-0.3, -0.25) is 20.4 Å². The lowest BCUT2D eigenvalue weighted by atomic mass is 9.99. The maximum absolute atomic E-state index is 13.2. The van der Waals surface area contributed by atoms with Crippen LogP contribution in [0.2, 0.25) is 0 Å². The van der Waals surface area contributed by atoms with E-state index in [0.717, 1.165) is 0 Å². The van der Waals surface area contributed by atoms with E-state index in [0.29, 0.717) is 45.0 Å². The molecule has 0 saturated heterocycles. The zero-order valence-electron chi connectivity index (χ0n) is 18.9. The predicted molar refractivity (Wildman–Crippen MR) is 128 cm³/mol. The summed E-state index contributed by atoms with van der Waals surface area (Å²) in [4.78, 5) is 30.6. The van der Waals surface area contributed by atoms with Crippen LogP contribution in [0.25, 0.3) is 23.1 Å². The molecule has 33 heavy (non-hydrogen) atoms. The molecule has 0 spiro atoms. The fraction of sp³-hybridized carbons (Fsp3) is 0.160. The topological polar surface area (TPSA) is 98.8 Å². The number of amides is 2. The third-order valence-electron chi connectivity index (χ3n) is 4.93. The third-order valence-corrected chi connectivity index (χ3v) is 4.93. The van der Waals surface area contributed by atoms with Crippen molar-refractivity contribution in [2.24, 2.45) is 0 Å². The Morgan fingerprint density at radius 2 is 1.61 bits per heavy atom. The molecule has 0 fully saturated rings. The van der Waals surface area contributed by atoms with Gasteiger partial charge in [-0.05, 0) is 31.2 Å². The van der Waals surface area contributed by atoms with Crippen LogP contribution < -0.4 is 25.1 Å². The standard InChI is InChI=1S/C25H25N3O5/c1-6-10-16-18(7-2)26-19-12-9-8-11-17(19)22(16)25(30)28-27-24(29)15-13-20(31-3)23(33-5)21(14-15)32-4/h6-14H,2H2,1,3-5H3,(H,27,29)(H,28,30)/b10-6-. The lowest BCUT2D eigenvalue weighted by molar-refractivity contribution is 0.0847. The highest BCUT2D eigenvalue weighted by molar-refractivity contribution is 6.10. The predicted octanol–water partition coefficient (Wildman–Crippen LogP) is 4.01. The molecule has 0 aliphatic carbocycles. The smallest absolute Gasteiger partial charge is 0.271 e. The number of methoxy groups -OCH3 is 3. The molecule has 0 radical (unpaired) electrons. The molecular formula is C25H25N3O5. The molecule has 0 saturated carbocycles. The van der Waals surface area contributed by atoms with E-state index in [1.807, 2.05) is 31.2 Å². The Bertz CT molecular complexity index is 1230. The Labute approximate surface area is 191 Å². The fourth-order valence-electron chi connectivity index (χ4n) is 3.44. The molecule has 2 N–H and O–H groups in total. The second-order valence-corrected chi connectivity index (χ2v) is 6.83. The highest BCUT2D eigenvalue weighted by Crippen LogP contribution is 2.38. The van der Waals surface area contributed by atoms with E-state index < -0.39 is 11.8 Å². The lowest BCUT2D eigenvalue weighted by Crippen LogP contribution is -2.42. The van der Waals surface area contributed by atoms with Crippen LogP contribution in [-0.2, 0) is 0 Å². The van der Waals surface area contributed by atoms with E-state index >= 15 is 0 Å². The summed E-state index contributed by atoms with van der Waals surface area (Å²) in [5.74, 6) is -0.0567. The van der Waals surface area contributed by atoms with Crippen LogP contribution in [0.1, 0.15) is 38.9 Å². The van der Waals surface area contributed by atoms with E-state index in [1.54, 1.807) is 18.2 Å². The quantitative estimate of drug-likeness (QED) is 0.531. The van der Waals surface area contributed by atoms with Crippen molar-refractivity contribution in [3.05, 3.63) is 71.4 Å². The third kappa shape index (κ3) is 4.64. The number of pyridine rings is 1. The molecule has 1 heterocycles. The van der Waals surface area contributed by atoms with Gasteiger partial charge < -0.3 is 14.2 Å². The maximum atomic E-state index is 13.2. The van der Waals surface area contributed by atoms with Gasteiger partial charge in [-0.25, -0.2) is 4.98 Å². The van der Waals surface area contributed by atoms with Gasteiger partial charge >= 0.3 is 0 Å². The second kappa shape index (κ2) is 10.3. The summed E-state index contributed by atoms with van der Waals surface area (Å²) in [6.07, 6.45) is 5.18. The molecule has 1 aromatic heterocycles. The number of para-hydroxylation sites is 1. The molecule has 0 unspecified atom stereocenters. The molecular weight excluding hydrogens is 422 g/mol. The van der Waals surface area contributed by atoms with Crippen molar-refractivity contribution in [1.29, 1.82) is 0 Å². The number of benzene rings is 2. The van der Waals surface area contributed by atoms with Gasteiger partial charge in [-0.15, -0.1) is 0 Å². The van der Waals surface area contributed by atoms with E-state index in [9.17, 15) is 9.59 Å². The van der Waals surface area contributed by atoms with Crippen LogP contribution in [0.15, 0.2) is 49.1 Å². The molecule has 0 aliphatic rings. The van der Waals surface area contributed by atoms with Crippen molar-refractivity contribution in [3.8, 4) is 17.2 Å². The Balaban J connectivity index is 1.95. The molecule has 2 amide bonds. The minimum Gasteiger partial charge on any atom is -0.493 e. The van der Waals surface area contributed by atoms with E-state index in [4.69, 9.17) is 14.2 Å². The van der Waals surface area contributed by atoms with Gasteiger partial charge in [0.2, 0.25) is 5.75 Å². The second-order valence-electron chi connectivity index (χ2n) is 6.83. The maximum Gasteiger partial charge on any atom is 0.271 e. The van der Waals surface area contributed by atoms with Crippen molar-refractivity contribution in [3.63, 3.8) is 0 Å². The summed E-state index contributed by atoms with van der Waals surface area (Å²) in [5.41, 5.74) is 7.34. The first kappa shape index (κ1) is 23.3. The monoisotopic (exact) mass is 447 g/mol. The zero-order chi connectivity index (χ0) is 24.0. The number of ether oxygens (including phenoxy) is 3. The van der Waals surface area contributed by atoms with Crippen molar-refractivity contribution >= 4 is 34.9 Å². The van der Waals surface area contributed by atoms with Crippen molar-refractivity contribution in [1.82, 2.24) is 15.8 Å². The van der Waals surface area contributed by atoms with Crippen LogP contribution in [0.4, 0.5) is 0 Å². The van der Waals surface area contributed by atoms with E-state index in [-0.39, 0.29) is 5.56 Å². The fourth-order valence-corrected chi connectivity index (χ4v) is 3.44. The number of hydrogen-bond donors (Lipinski definition) is 2. The van der Waals surface area contributed by atoms with Crippen molar-refractivity contribution < 1.29 is 23.8 Å². The van der Waals surface area contributed by atoms with Gasteiger partial charge in [-0.2, -0.15) is 0 Å². The largest absolute Gasteiger partial charge is 0.493 e. The van der Waals surface area contributed by atoms with Gasteiger partial charge in [-0.1, -0.05) is 36.9 Å².